The molecule has 2 aliphatic carbocycles. The molecule has 0 aliphatic heterocycles. The van der Waals surface area contributed by atoms with Crippen LogP contribution in [0.15, 0.2) is 54.6 Å². The lowest BCUT2D eigenvalue weighted by Gasteiger charge is -2.27. The number of benzene rings is 2. The summed E-state index contributed by atoms with van der Waals surface area (Å²) in [6, 6.07) is 19.0. The molecule has 1 saturated carbocycles. The molecule has 0 atom stereocenters. The number of nitrogens with zero attached hydrogens (tertiary/aromatic N) is 1. The van der Waals surface area contributed by atoms with Gasteiger partial charge >= 0.3 is 0 Å². The van der Waals surface area contributed by atoms with E-state index in [4.69, 9.17) is 4.98 Å². The molecule has 1 N–H and O–H groups in total. The summed E-state index contributed by atoms with van der Waals surface area (Å²) < 4.78 is 0. The van der Waals surface area contributed by atoms with Crippen molar-refractivity contribution in [3.8, 4) is 0 Å². The van der Waals surface area contributed by atoms with Crippen LogP contribution in [0, 0.1) is 5.41 Å². The van der Waals surface area contributed by atoms with E-state index in [-0.39, 0.29) is 0 Å². The lowest BCUT2D eigenvalue weighted by Crippen LogP contribution is -2.18. The van der Waals surface area contributed by atoms with Gasteiger partial charge in [-0.2, -0.15) is 0 Å². The minimum absolute atomic E-state index is 0.588. The fourth-order valence-electron chi connectivity index (χ4n) is 3.96. The highest BCUT2D eigenvalue weighted by Gasteiger charge is 2.45. The summed E-state index contributed by atoms with van der Waals surface area (Å²) in [5.41, 5.74) is 6.89. The van der Waals surface area contributed by atoms with E-state index in [0.29, 0.717) is 5.41 Å². The number of aromatic nitrogens is 1. The van der Waals surface area contributed by atoms with Gasteiger partial charge in [-0.15, -0.1) is 0 Å². The Morgan fingerprint density at radius 2 is 1.65 bits per heavy atom. The quantitative estimate of drug-likeness (QED) is 0.699. The first-order chi connectivity index (χ1) is 11.3. The summed E-state index contributed by atoms with van der Waals surface area (Å²) in [4.78, 5) is 4.97. The molecule has 114 valence electrons. The van der Waals surface area contributed by atoms with Gasteiger partial charge in [-0.25, -0.2) is 0 Å². The normalized spacial score (nSPS) is 17.9. The van der Waals surface area contributed by atoms with E-state index >= 15 is 0 Å². The molecule has 0 bridgehead atoms. The third-order valence-corrected chi connectivity index (χ3v) is 5.52. The van der Waals surface area contributed by atoms with E-state index in [9.17, 15) is 0 Å². The Kier molecular flexibility index (Phi) is 2.75. The molecule has 5 rings (SSSR count). The van der Waals surface area contributed by atoms with Crippen LogP contribution in [0.25, 0.3) is 10.9 Å². The SMILES string of the molecule is c1ccc(Nc2c3c(nc4ccccc24)CCC2(CC2)C3)cc1. The summed E-state index contributed by atoms with van der Waals surface area (Å²) in [6.07, 6.45) is 6.42. The van der Waals surface area contributed by atoms with Crippen molar-refractivity contribution in [2.24, 2.45) is 5.41 Å². The molecule has 1 heterocycles. The van der Waals surface area contributed by atoms with E-state index < -0.39 is 0 Å². The molecular formula is C21H20N2. The summed E-state index contributed by atoms with van der Waals surface area (Å²) in [7, 11) is 0. The van der Waals surface area contributed by atoms with Crippen molar-refractivity contribution < 1.29 is 0 Å². The van der Waals surface area contributed by atoms with Gasteiger partial charge in [0.15, 0.2) is 0 Å². The molecule has 2 heteroatoms. The van der Waals surface area contributed by atoms with Crippen LogP contribution in [0.4, 0.5) is 11.4 Å². The van der Waals surface area contributed by atoms with Crippen LogP contribution in [0.3, 0.4) is 0 Å². The van der Waals surface area contributed by atoms with Crippen molar-refractivity contribution >= 4 is 22.3 Å². The number of hydrogen-bond donors (Lipinski definition) is 1. The molecule has 0 unspecified atom stereocenters. The van der Waals surface area contributed by atoms with Crippen molar-refractivity contribution in [1.29, 1.82) is 0 Å². The second-order valence-electron chi connectivity index (χ2n) is 7.10. The zero-order chi connectivity index (χ0) is 15.3. The van der Waals surface area contributed by atoms with Gasteiger partial charge < -0.3 is 5.32 Å². The van der Waals surface area contributed by atoms with Gasteiger partial charge in [-0.3, -0.25) is 4.98 Å². The van der Waals surface area contributed by atoms with Crippen LogP contribution in [0.2, 0.25) is 0 Å². The fraction of sp³-hybridized carbons (Fsp3) is 0.286. The van der Waals surface area contributed by atoms with Gasteiger partial charge in [-0.1, -0.05) is 36.4 Å². The molecular weight excluding hydrogens is 280 g/mol. The molecule has 1 spiro atoms. The maximum absolute atomic E-state index is 4.97. The zero-order valence-electron chi connectivity index (χ0n) is 13.2. The Labute approximate surface area is 136 Å². The fourth-order valence-corrected chi connectivity index (χ4v) is 3.96. The van der Waals surface area contributed by atoms with Gasteiger partial charge in [0.1, 0.15) is 0 Å². The molecule has 0 saturated heterocycles. The van der Waals surface area contributed by atoms with E-state index in [1.165, 1.54) is 48.0 Å². The average molecular weight is 300 g/mol. The Morgan fingerprint density at radius 3 is 2.48 bits per heavy atom. The van der Waals surface area contributed by atoms with Crippen LogP contribution in [-0.4, -0.2) is 4.98 Å². The Bertz CT molecular complexity index is 879. The second-order valence-corrected chi connectivity index (χ2v) is 7.10. The number of para-hydroxylation sites is 2. The predicted octanol–water partition coefficient (Wildman–Crippen LogP) is 5.25. The van der Waals surface area contributed by atoms with Crippen molar-refractivity contribution in [1.82, 2.24) is 4.98 Å². The molecule has 0 amide bonds. The van der Waals surface area contributed by atoms with Crippen molar-refractivity contribution in [3.05, 3.63) is 65.9 Å². The minimum atomic E-state index is 0.588. The number of pyridine rings is 1. The smallest absolute Gasteiger partial charge is 0.0726 e. The van der Waals surface area contributed by atoms with Gasteiger partial charge in [-0.05, 0) is 61.3 Å². The van der Waals surface area contributed by atoms with Crippen molar-refractivity contribution in [2.45, 2.75) is 32.1 Å². The molecule has 23 heavy (non-hydrogen) atoms. The topological polar surface area (TPSA) is 24.9 Å². The lowest BCUT2D eigenvalue weighted by atomic mass is 9.82. The van der Waals surface area contributed by atoms with Crippen molar-refractivity contribution in [2.75, 3.05) is 5.32 Å². The van der Waals surface area contributed by atoms with Gasteiger partial charge in [0.05, 0.1) is 11.2 Å². The number of rotatable bonds is 2. The highest BCUT2D eigenvalue weighted by Crippen LogP contribution is 2.56. The average Bonchev–Trinajstić information content (AvgIpc) is 3.35. The first-order valence-corrected chi connectivity index (χ1v) is 8.56. The van der Waals surface area contributed by atoms with E-state index in [0.717, 1.165) is 17.6 Å². The van der Waals surface area contributed by atoms with Gasteiger partial charge in [0.2, 0.25) is 0 Å². The molecule has 1 aromatic heterocycles. The molecule has 2 nitrogen and oxygen atoms in total. The first kappa shape index (κ1) is 13.1. The molecule has 0 radical (unpaired) electrons. The van der Waals surface area contributed by atoms with Gasteiger partial charge in [0.25, 0.3) is 0 Å². The minimum Gasteiger partial charge on any atom is -0.355 e. The third-order valence-electron chi connectivity index (χ3n) is 5.52. The largest absolute Gasteiger partial charge is 0.355 e. The third kappa shape index (κ3) is 2.21. The number of anilines is 2. The summed E-state index contributed by atoms with van der Waals surface area (Å²) in [5, 5.41) is 4.94. The second kappa shape index (κ2) is 4.82. The van der Waals surface area contributed by atoms with E-state index in [1.807, 2.05) is 0 Å². The van der Waals surface area contributed by atoms with Crippen LogP contribution >= 0.6 is 0 Å². The van der Waals surface area contributed by atoms with Crippen LogP contribution < -0.4 is 5.32 Å². The summed E-state index contributed by atoms with van der Waals surface area (Å²) in [6.45, 7) is 0. The van der Waals surface area contributed by atoms with Crippen LogP contribution in [0.1, 0.15) is 30.5 Å². The van der Waals surface area contributed by atoms with Crippen LogP contribution in [-0.2, 0) is 12.8 Å². The van der Waals surface area contributed by atoms with E-state index in [1.54, 1.807) is 0 Å². The Hall–Kier alpha value is -2.35. The highest BCUT2D eigenvalue weighted by atomic mass is 14.9. The number of hydrogen-bond acceptors (Lipinski definition) is 2. The maximum Gasteiger partial charge on any atom is 0.0726 e. The van der Waals surface area contributed by atoms with Crippen LogP contribution in [0.5, 0.6) is 0 Å². The number of fused-ring (bicyclic) bond motifs is 2. The Morgan fingerprint density at radius 1 is 0.870 bits per heavy atom. The number of aryl methyl sites for hydroxylation is 1. The predicted molar refractivity (Wildman–Crippen MR) is 95.2 cm³/mol. The molecule has 3 aromatic rings. The molecule has 1 fully saturated rings. The summed E-state index contributed by atoms with van der Waals surface area (Å²) >= 11 is 0. The molecule has 2 aromatic carbocycles. The summed E-state index contributed by atoms with van der Waals surface area (Å²) in [5.74, 6) is 0. The number of nitrogens with one attached hydrogen (secondary N) is 1. The standard InChI is InChI=1S/C21H20N2/c1-2-6-15(7-3-1)22-20-16-8-4-5-9-18(16)23-19-10-11-21(12-13-21)14-17(19)20/h1-9H,10-14H2,(H,22,23). The molecule has 2 aliphatic rings. The van der Waals surface area contributed by atoms with Gasteiger partial charge in [0, 0.05) is 16.8 Å². The van der Waals surface area contributed by atoms with E-state index in [2.05, 4.69) is 59.9 Å². The highest BCUT2D eigenvalue weighted by molar-refractivity contribution is 5.95. The monoisotopic (exact) mass is 300 g/mol. The van der Waals surface area contributed by atoms with Crippen molar-refractivity contribution in [3.63, 3.8) is 0 Å². The zero-order valence-corrected chi connectivity index (χ0v) is 13.2. The lowest BCUT2D eigenvalue weighted by molar-refractivity contribution is 0.434. The maximum atomic E-state index is 4.97. The Balaban J connectivity index is 1.71. The first-order valence-electron chi connectivity index (χ1n) is 8.56.